The van der Waals surface area contributed by atoms with E-state index in [2.05, 4.69) is 10.3 Å². The van der Waals surface area contributed by atoms with Gasteiger partial charge in [-0.15, -0.1) is 0 Å². The minimum absolute atomic E-state index is 0.0928. The number of nitrogens with one attached hydrogen (secondary N) is 1. The highest BCUT2D eigenvalue weighted by Crippen LogP contribution is 2.23. The number of carbonyl (C=O) groups is 2. The molecule has 0 saturated heterocycles. The predicted molar refractivity (Wildman–Crippen MR) is 70.4 cm³/mol. The van der Waals surface area contributed by atoms with E-state index in [4.69, 9.17) is 0 Å². The third kappa shape index (κ3) is 3.21. The molecule has 0 aliphatic rings. The van der Waals surface area contributed by atoms with E-state index in [1.807, 2.05) is 0 Å². The zero-order valence-corrected chi connectivity index (χ0v) is 11.8. The first-order valence-electron chi connectivity index (χ1n) is 4.88. The van der Waals surface area contributed by atoms with Gasteiger partial charge in [-0.25, -0.2) is 9.37 Å². The van der Waals surface area contributed by atoms with Crippen LogP contribution in [-0.4, -0.2) is 17.2 Å². The van der Waals surface area contributed by atoms with Crippen molar-refractivity contribution in [1.82, 2.24) is 4.98 Å². The quantitative estimate of drug-likeness (QED) is 0.659. The van der Waals surface area contributed by atoms with Gasteiger partial charge in [-0.3, -0.25) is 9.59 Å². The Morgan fingerprint density at radius 1 is 1.53 bits per heavy atom. The number of halogens is 2. The summed E-state index contributed by atoms with van der Waals surface area (Å²) in [5, 5.41) is 2.57. The van der Waals surface area contributed by atoms with Gasteiger partial charge in [-0.2, -0.15) is 0 Å². The molecule has 1 rings (SSSR count). The first-order chi connectivity index (χ1) is 7.77. The summed E-state index contributed by atoms with van der Waals surface area (Å²) in [4.78, 5) is 26.2. The largest absolute Gasteiger partial charge is 0.309 e. The molecule has 0 spiro atoms. The van der Waals surface area contributed by atoms with Gasteiger partial charge in [-0.05, 0) is 22.6 Å². The Kier molecular flexibility index (Phi) is 4.18. The number of hydrogen-bond acceptors (Lipinski definition) is 3. The van der Waals surface area contributed by atoms with Gasteiger partial charge in [0.05, 0.1) is 15.3 Å². The van der Waals surface area contributed by atoms with Crippen LogP contribution in [0.1, 0.15) is 31.1 Å². The van der Waals surface area contributed by atoms with Crippen molar-refractivity contribution in [2.45, 2.75) is 20.8 Å². The van der Waals surface area contributed by atoms with Crippen LogP contribution < -0.4 is 5.32 Å². The normalized spacial score (nSPS) is 11.1. The molecular weight excluding hydrogens is 338 g/mol. The summed E-state index contributed by atoms with van der Waals surface area (Å²) in [7, 11) is 0. The monoisotopic (exact) mass is 350 g/mol. The third-order valence-corrected chi connectivity index (χ3v) is 3.13. The van der Waals surface area contributed by atoms with Crippen molar-refractivity contribution in [3.63, 3.8) is 0 Å². The Hall–Kier alpha value is -1.05. The molecule has 1 amide bonds. The molecule has 0 fully saturated rings. The predicted octanol–water partition coefficient (Wildman–Crippen LogP) is 2.62. The van der Waals surface area contributed by atoms with Crippen molar-refractivity contribution >= 4 is 40.6 Å². The third-order valence-electron chi connectivity index (χ3n) is 2.04. The zero-order chi connectivity index (χ0) is 13.2. The Morgan fingerprint density at radius 3 is 2.59 bits per heavy atom. The summed E-state index contributed by atoms with van der Waals surface area (Å²) in [6.45, 7) is 5.25. The second-order valence-corrected chi connectivity index (χ2v) is 5.58. The number of pyridine rings is 1. The Morgan fingerprint density at radius 2 is 2.12 bits per heavy atom. The van der Waals surface area contributed by atoms with E-state index >= 15 is 0 Å². The first-order valence-corrected chi connectivity index (χ1v) is 5.96. The van der Waals surface area contributed by atoms with Crippen LogP contribution in [0.15, 0.2) is 6.20 Å². The van der Waals surface area contributed by atoms with E-state index in [-0.39, 0.29) is 17.3 Å². The van der Waals surface area contributed by atoms with Gasteiger partial charge in [0.1, 0.15) is 5.82 Å². The minimum atomic E-state index is -0.696. The van der Waals surface area contributed by atoms with Crippen LogP contribution in [0, 0.1) is 14.8 Å². The summed E-state index contributed by atoms with van der Waals surface area (Å²) in [6.07, 6.45) is 1.33. The van der Waals surface area contributed by atoms with E-state index in [0.717, 1.165) is 6.20 Å². The van der Waals surface area contributed by atoms with Crippen LogP contribution in [0.5, 0.6) is 0 Å². The molecule has 4 nitrogen and oxygen atoms in total. The van der Waals surface area contributed by atoms with Crippen LogP contribution in [0.25, 0.3) is 0 Å². The number of aromatic nitrogens is 1. The fraction of sp³-hybridized carbons (Fsp3) is 0.364. The van der Waals surface area contributed by atoms with E-state index < -0.39 is 11.2 Å². The molecule has 0 bridgehead atoms. The second kappa shape index (κ2) is 5.07. The van der Waals surface area contributed by atoms with Gasteiger partial charge < -0.3 is 5.32 Å². The topological polar surface area (TPSA) is 59.1 Å². The summed E-state index contributed by atoms with van der Waals surface area (Å²) < 4.78 is 13.5. The van der Waals surface area contributed by atoms with Gasteiger partial charge in [0.25, 0.3) is 0 Å². The molecule has 1 heterocycles. The van der Waals surface area contributed by atoms with Crippen LogP contribution in [0.2, 0.25) is 0 Å². The van der Waals surface area contributed by atoms with Gasteiger partial charge in [0.2, 0.25) is 5.91 Å². The summed E-state index contributed by atoms with van der Waals surface area (Å²) in [5.41, 5.74) is -0.676. The molecule has 1 aromatic rings. The number of anilines is 1. The first kappa shape index (κ1) is 14.0. The number of amides is 1. The van der Waals surface area contributed by atoms with E-state index in [9.17, 15) is 14.0 Å². The molecule has 0 aliphatic carbocycles. The van der Waals surface area contributed by atoms with Crippen molar-refractivity contribution < 1.29 is 14.0 Å². The molecule has 0 atom stereocenters. The number of rotatable bonds is 2. The maximum Gasteiger partial charge on any atom is 0.230 e. The van der Waals surface area contributed by atoms with Crippen LogP contribution in [-0.2, 0) is 4.79 Å². The van der Waals surface area contributed by atoms with Crippen molar-refractivity contribution in [3.8, 4) is 0 Å². The van der Waals surface area contributed by atoms with Gasteiger partial charge in [0.15, 0.2) is 12.1 Å². The lowest BCUT2D eigenvalue weighted by Gasteiger charge is -2.18. The number of aldehydes is 1. The lowest BCUT2D eigenvalue weighted by atomic mass is 9.96. The molecule has 0 aliphatic heterocycles. The zero-order valence-electron chi connectivity index (χ0n) is 9.67. The number of nitrogens with zero attached hydrogens (tertiary/aromatic N) is 1. The molecule has 0 radical (unpaired) electrons. The van der Waals surface area contributed by atoms with Crippen molar-refractivity contribution in [2.75, 3.05) is 5.32 Å². The van der Waals surface area contributed by atoms with Crippen LogP contribution in [0.3, 0.4) is 0 Å². The average Bonchev–Trinajstić information content (AvgIpc) is 2.21. The lowest BCUT2D eigenvalue weighted by molar-refractivity contribution is -0.123. The molecule has 0 unspecified atom stereocenters. The number of hydrogen-bond donors (Lipinski definition) is 1. The second-order valence-electron chi connectivity index (χ2n) is 4.50. The summed E-state index contributed by atoms with van der Waals surface area (Å²) in [5.74, 6) is -0.737. The molecule has 1 N–H and O–H groups in total. The standard InChI is InChI=1S/C11H12FIN2O2/c1-11(2,3)10(17)15-9-8(13)6(5-16)7(12)4-14-9/h4-5H,1-3H3,(H,14,15,17). The van der Waals surface area contributed by atoms with Crippen LogP contribution in [0.4, 0.5) is 10.2 Å². The number of carbonyl (C=O) groups excluding carboxylic acids is 2. The van der Waals surface area contributed by atoms with Crippen molar-refractivity contribution in [2.24, 2.45) is 5.41 Å². The molecule has 0 saturated carbocycles. The molecule has 92 valence electrons. The van der Waals surface area contributed by atoms with E-state index in [1.54, 1.807) is 43.4 Å². The Labute approximate surface area is 112 Å². The van der Waals surface area contributed by atoms with E-state index in [0.29, 0.717) is 9.86 Å². The Balaban J connectivity index is 3.09. The van der Waals surface area contributed by atoms with Gasteiger partial charge >= 0.3 is 0 Å². The van der Waals surface area contributed by atoms with Gasteiger partial charge in [0, 0.05) is 5.41 Å². The molecule has 17 heavy (non-hydrogen) atoms. The maximum absolute atomic E-state index is 13.2. The summed E-state index contributed by atoms with van der Waals surface area (Å²) >= 11 is 1.78. The fourth-order valence-electron chi connectivity index (χ4n) is 0.970. The molecule has 0 aromatic carbocycles. The molecular formula is C11H12FIN2O2. The molecule has 1 aromatic heterocycles. The SMILES string of the molecule is CC(C)(C)C(=O)Nc1ncc(F)c(C=O)c1I. The smallest absolute Gasteiger partial charge is 0.230 e. The lowest BCUT2D eigenvalue weighted by Crippen LogP contribution is -2.28. The summed E-state index contributed by atoms with van der Waals surface area (Å²) in [6, 6.07) is 0. The highest BCUT2D eigenvalue weighted by atomic mass is 127. The highest BCUT2D eigenvalue weighted by Gasteiger charge is 2.23. The van der Waals surface area contributed by atoms with E-state index in [1.165, 1.54) is 0 Å². The van der Waals surface area contributed by atoms with Crippen LogP contribution >= 0.6 is 22.6 Å². The minimum Gasteiger partial charge on any atom is -0.309 e. The van der Waals surface area contributed by atoms with Crippen molar-refractivity contribution in [3.05, 3.63) is 21.1 Å². The maximum atomic E-state index is 13.2. The average molecular weight is 350 g/mol. The van der Waals surface area contributed by atoms with Gasteiger partial charge in [-0.1, -0.05) is 20.8 Å². The Bertz CT molecular complexity index is 469. The van der Waals surface area contributed by atoms with Crippen molar-refractivity contribution in [1.29, 1.82) is 0 Å². The molecule has 6 heteroatoms. The highest BCUT2D eigenvalue weighted by molar-refractivity contribution is 14.1. The fourth-order valence-corrected chi connectivity index (χ4v) is 1.63.